The lowest BCUT2D eigenvalue weighted by Gasteiger charge is -2.13. The molecule has 0 aliphatic rings. The van der Waals surface area contributed by atoms with Gasteiger partial charge in [-0.15, -0.1) is 0 Å². The SMILES string of the molecule is CCOc1c(C)cc(C)cc1CCN. The maximum absolute atomic E-state index is 5.62. The van der Waals surface area contributed by atoms with Crippen molar-refractivity contribution in [2.45, 2.75) is 27.2 Å². The first-order chi connectivity index (χ1) is 6.69. The summed E-state index contributed by atoms with van der Waals surface area (Å²) in [6.45, 7) is 7.57. The van der Waals surface area contributed by atoms with Crippen molar-refractivity contribution in [3.05, 3.63) is 28.8 Å². The van der Waals surface area contributed by atoms with Gasteiger partial charge in [0.05, 0.1) is 6.61 Å². The fourth-order valence-electron chi connectivity index (χ4n) is 1.73. The van der Waals surface area contributed by atoms with Crippen LogP contribution in [0.4, 0.5) is 0 Å². The summed E-state index contributed by atoms with van der Waals surface area (Å²) in [7, 11) is 0. The van der Waals surface area contributed by atoms with Crippen LogP contribution in [0.15, 0.2) is 12.1 Å². The third-order valence-corrected chi connectivity index (χ3v) is 2.20. The van der Waals surface area contributed by atoms with Crippen molar-refractivity contribution in [3.63, 3.8) is 0 Å². The Bertz CT molecular complexity index is 307. The molecule has 0 aromatic heterocycles. The minimum atomic E-state index is 0.670. The number of benzene rings is 1. The average molecular weight is 193 g/mol. The molecule has 0 heterocycles. The molecule has 2 N–H and O–H groups in total. The molecular formula is C12H19NO. The molecule has 0 aliphatic carbocycles. The van der Waals surface area contributed by atoms with Gasteiger partial charge in [-0.2, -0.15) is 0 Å². The zero-order chi connectivity index (χ0) is 10.6. The van der Waals surface area contributed by atoms with Crippen LogP contribution < -0.4 is 10.5 Å². The smallest absolute Gasteiger partial charge is 0.125 e. The van der Waals surface area contributed by atoms with E-state index in [9.17, 15) is 0 Å². The van der Waals surface area contributed by atoms with Crippen LogP contribution in [0.1, 0.15) is 23.6 Å². The zero-order valence-electron chi connectivity index (χ0n) is 9.26. The van der Waals surface area contributed by atoms with Crippen LogP contribution in [0.5, 0.6) is 5.75 Å². The number of nitrogens with two attached hydrogens (primary N) is 1. The van der Waals surface area contributed by atoms with E-state index < -0.39 is 0 Å². The van der Waals surface area contributed by atoms with Crippen molar-refractivity contribution < 1.29 is 4.74 Å². The molecule has 0 saturated carbocycles. The summed E-state index contributed by atoms with van der Waals surface area (Å²) in [5.41, 5.74) is 9.28. The molecule has 0 saturated heterocycles. The molecule has 2 heteroatoms. The highest BCUT2D eigenvalue weighted by Gasteiger charge is 2.06. The maximum atomic E-state index is 5.62. The van der Waals surface area contributed by atoms with Gasteiger partial charge in [0.15, 0.2) is 0 Å². The van der Waals surface area contributed by atoms with Crippen molar-refractivity contribution in [2.24, 2.45) is 5.73 Å². The van der Waals surface area contributed by atoms with Crippen molar-refractivity contribution in [3.8, 4) is 5.75 Å². The molecule has 0 atom stereocenters. The molecule has 0 bridgehead atoms. The Morgan fingerprint density at radius 3 is 2.57 bits per heavy atom. The van der Waals surface area contributed by atoms with Gasteiger partial charge >= 0.3 is 0 Å². The van der Waals surface area contributed by atoms with E-state index in [0.29, 0.717) is 13.2 Å². The lowest BCUT2D eigenvalue weighted by Crippen LogP contribution is -2.06. The van der Waals surface area contributed by atoms with E-state index in [1.54, 1.807) is 0 Å². The molecule has 1 aromatic carbocycles. The van der Waals surface area contributed by atoms with Gasteiger partial charge < -0.3 is 10.5 Å². The average Bonchev–Trinajstić information content (AvgIpc) is 2.11. The summed E-state index contributed by atoms with van der Waals surface area (Å²) in [6, 6.07) is 4.30. The fourth-order valence-corrected chi connectivity index (χ4v) is 1.73. The summed E-state index contributed by atoms with van der Waals surface area (Å²) >= 11 is 0. The Balaban J connectivity index is 3.07. The quantitative estimate of drug-likeness (QED) is 0.795. The van der Waals surface area contributed by atoms with Gasteiger partial charge in [0, 0.05) is 0 Å². The molecule has 1 rings (SSSR count). The number of ether oxygens (including phenoxy) is 1. The molecule has 78 valence electrons. The maximum Gasteiger partial charge on any atom is 0.125 e. The van der Waals surface area contributed by atoms with Crippen LogP contribution in [-0.4, -0.2) is 13.2 Å². The van der Waals surface area contributed by atoms with E-state index >= 15 is 0 Å². The van der Waals surface area contributed by atoms with Gasteiger partial charge in [0.2, 0.25) is 0 Å². The molecule has 0 spiro atoms. The molecule has 0 radical (unpaired) electrons. The number of hydrogen-bond acceptors (Lipinski definition) is 2. The number of rotatable bonds is 4. The van der Waals surface area contributed by atoms with Gasteiger partial charge in [0.1, 0.15) is 5.75 Å². The van der Waals surface area contributed by atoms with Gasteiger partial charge in [-0.1, -0.05) is 17.7 Å². The summed E-state index contributed by atoms with van der Waals surface area (Å²) in [5, 5.41) is 0. The summed E-state index contributed by atoms with van der Waals surface area (Å²) in [6.07, 6.45) is 0.887. The van der Waals surface area contributed by atoms with Gasteiger partial charge in [-0.25, -0.2) is 0 Å². The van der Waals surface area contributed by atoms with E-state index in [2.05, 4.69) is 26.0 Å². The Kier molecular flexibility index (Phi) is 3.96. The van der Waals surface area contributed by atoms with Crippen LogP contribution in [0.3, 0.4) is 0 Å². The molecule has 1 aromatic rings. The predicted molar refractivity (Wildman–Crippen MR) is 59.8 cm³/mol. The first-order valence-electron chi connectivity index (χ1n) is 5.12. The molecule has 0 aliphatic heterocycles. The third kappa shape index (κ3) is 2.48. The van der Waals surface area contributed by atoms with Gasteiger partial charge in [-0.05, 0) is 44.9 Å². The van der Waals surface area contributed by atoms with E-state index in [4.69, 9.17) is 10.5 Å². The van der Waals surface area contributed by atoms with Crippen molar-refractivity contribution in [2.75, 3.05) is 13.2 Å². The molecular weight excluding hydrogens is 174 g/mol. The summed E-state index contributed by atoms with van der Waals surface area (Å²) in [5.74, 6) is 1.02. The van der Waals surface area contributed by atoms with Crippen LogP contribution in [0.25, 0.3) is 0 Å². The molecule has 0 unspecified atom stereocenters. The first-order valence-corrected chi connectivity index (χ1v) is 5.12. The lowest BCUT2D eigenvalue weighted by atomic mass is 10.0. The molecule has 0 amide bonds. The van der Waals surface area contributed by atoms with E-state index in [0.717, 1.165) is 12.2 Å². The Morgan fingerprint density at radius 2 is 2.00 bits per heavy atom. The topological polar surface area (TPSA) is 35.2 Å². The van der Waals surface area contributed by atoms with Crippen LogP contribution in [0.2, 0.25) is 0 Å². The standard InChI is InChI=1S/C12H19NO/c1-4-14-12-10(3)7-9(2)8-11(12)5-6-13/h7-8H,4-6,13H2,1-3H3. The largest absolute Gasteiger partial charge is 0.493 e. The predicted octanol–water partition coefficient (Wildman–Crippen LogP) is 2.20. The second-order valence-corrected chi connectivity index (χ2v) is 3.54. The molecule has 2 nitrogen and oxygen atoms in total. The Morgan fingerprint density at radius 1 is 1.29 bits per heavy atom. The van der Waals surface area contributed by atoms with Gasteiger partial charge in [-0.3, -0.25) is 0 Å². The van der Waals surface area contributed by atoms with Crippen molar-refractivity contribution in [1.29, 1.82) is 0 Å². The van der Waals surface area contributed by atoms with Gasteiger partial charge in [0.25, 0.3) is 0 Å². The number of hydrogen-bond donors (Lipinski definition) is 1. The summed E-state index contributed by atoms with van der Waals surface area (Å²) in [4.78, 5) is 0. The normalized spacial score (nSPS) is 10.3. The van der Waals surface area contributed by atoms with E-state index in [-0.39, 0.29) is 0 Å². The second kappa shape index (κ2) is 5.01. The highest BCUT2D eigenvalue weighted by Crippen LogP contribution is 2.25. The highest BCUT2D eigenvalue weighted by atomic mass is 16.5. The highest BCUT2D eigenvalue weighted by molar-refractivity contribution is 5.44. The van der Waals surface area contributed by atoms with Crippen molar-refractivity contribution >= 4 is 0 Å². The summed E-state index contributed by atoms with van der Waals surface area (Å²) < 4.78 is 5.62. The lowest BCUT2D eigenvalue weighted by molar-refractivity contribution is 0.334. The first kappa shape index (κ1) is 11.1. The monoisotopic (exact) mass is 193 g/mol. The second-order valence-electron chi connectivity index (χ2n) is 3.54. The van der Waals surface area contributed by atoms with E-state index in [1.807, 2.05) is 6.92 Å². The van der Waals surface area contributed by atoms with E-state index in [1.165, 1.54) is 16.7 Å². The van der Waals surface area contributed by atoms with Crippen LogP contribution >= 0.6 is 0 Å². The van der Waals surface area contributed by atoms with Crippen molar-refractivity contribution in [1.82, 2.24) is 0 Å². The molecule has 14 heavy (non-hydrogen) atoms. The third-order valence-electron chi connectivity index (χ3n) is 2.20. The van der Waals surface area contributed by atoms with Crippen LogP contribution in [-0.2, 0) is 6.42 Å². The Hall–Kier alpha value is -1.02. The minimum Gasteiger partial charge on any atom is -0.493 e. The van der Waals surface area contributed by atoms with Crippen LogP contribution in [0, 0.1) is 13.8 Å². The number of aryl methyl sites for hydroxylation is 2. The zero-order valence-corrected chi connectivity index (χ0v) is 9.26. The molecule has 0 fully saturated rings. The minimum absolute atomic E-state index is 0.670. The fraction of sp³-hybridized carbons (Fsp3) is 0.500. The Labute approximate surface area is 86.1 Å².